The Morgan fingerprint density at radius 3 is 2.76 bits per heavy atom. The molecule has 2 aromatic carbocycles. The largest absolute Gasteiger partial charge is 0.485 e. The number of benzene rings is 2. The van der Waals surface area contributed by atoms with Gasteiger partial charge in [0, 0.05) is 6.42 Å². The first-order valence-corrected chi connectivity index (χ1v) is 7.28. The zero-order valence-electron chi connectivity index (χ0n) is 11.0. The SMILES string of the molecule is O=C(Cc1cccc(F)c1Br)C1COc2ccccc2O1. The minimum atomic E-state index is -0.671. The number of Topliss-reactive ketones (excluding diaryl/α,β-unsaturated/α-hetero) is 1. The topological polar surface area (TPSA) is 35.5 Å². The molecule has 1 aliphatic heterocycles. The summed E-state index contributed by atoms with van der Waals surface area (Å²) in [5.41, 5.74) is 0.599. The summed E-state index contributed by atoms with van der Waals surface area (Å²) in [5.74, 6) is 0.663. The van der Waals surface area contributed by atoms with Crippen molar-refractivity contribution in [3.8, 4) is 11.5 Å². The van der Waals surface area contributed by atoms with Gasteiger partial charge < -0.3 is 9.47 Å². The van der Waals surface area contributed by atoms with E-state index < -0.39 is 6.10 Å². The first-order chi connectivity index (χ1) is 10.1. The number of rotatable bonds is 3. The van der Waals surface area contributed by atoms with Gasteiger partial charge >= 0.3 is 0 Å². The molecule has 0 bridgehead atoms. The van der Waals surface area contributed by atoms with Crippen molar-refractivity contribution in [2.75, 3.05) is 6.61 Å². The first kappa shape index (κ1) is 14.1. The molecule has 1 heterocycles. The second kappa shape index (κ2) is 5.85. The zero-order chi connectivity index (χ0) is 14.8. The summed E-state index contributed by atoms with van der Waals surface area (Å²) in [5, 5.41) is 0. The fraction of sp³-hybridized carbons (Fsp3) is 0.188. The third-order valence-corrected chi connectivity index (χ3v) is 4.15. The Hall–Kier alpha value is -1.88. The predicted octanol–water partition coefficient (Wildman–Crippen LogP) is 3.54. The van der Waals surface area contributed by atoms with Crippen LogP contribution in [0.4, 0.5) is 4.39 Å². The van der Waals surface area contributed by atoms with Crippen LogP contribution in [0.5, 0.6) is 11.5 Å². The number of carbonyl (C=O) groups is 1. The smallest absolute Gasteiger partial charge is 0.191 e. The predicted molar refractivity (Wildman–Crippen MR) is 79.2 cm³/mol. The minimum absolute atomic E-state index is 0.0918. The van der Waals surface area contributed by atoms with Crippen molar-refractivity contribution < 1.29 is 18.7 Å². The zero-order valence-corrected chi connectivity index (χ0v) is 12.6. The maximum atomic E-state index is 13.5. The van der Waals surface area contributed by atoms with E-state index in [0.29, 0.717) is 21.5 Å². The molecule has 0 N–H and O–H groups in total. The second-order valence-corrected chi connectivity index (χ2v) is 5.51. The molecule has 0 radical (unpaired) electrons. The van der Waals surface area contributed by atoms with Gasteiger partial charge in [-0.25, -0.2) is 4.39 Å². The summed E-state index contributed by atoms with van der Waals surface area (Å²) < 4.78 is 24.9. The number of hydrogen-bond donors (Lipinski definition) is 0. The number of fused-ring (bicyclic) bond motifs is 1. The van der Waals surface area contributed by atoms with Crippen LogP contribution in [0.25, 0.3) is 0 Å². The molecule has 1 unspecified atom stereocenters. The Balaban J connectivity index is 1.74. The van der Waals surface area contributed by atoms with E-state index in [2.05, 4.69) is 15.9 Å². The molecular formula is C16H12BrFO3. The van der Waals surface area contributed by atoms with E-state index in [1.807, 2.05) is 12.1 Å². The van der Waals surface area contributed by atoms with Crippen molar-refractivity contribution in [1.82, 2.24) is 0 Å². The van der Waals surface area contributed by atoms with Gasteiger partial charge in [0.25, 0.3) is 0 Å². The Bertz CT molecular complexity index is 687. The average Bonchev–Trinajstić information content (AvgIpc) is 2.51. The van der Waals surface area contributed by atoms with Gasteiger partial charge in [0.15, 0.2) is 23.4 Å². The molecule has 0 spiro atoms. The van der Waals surface area contributed by atoms with E-state index in [-0.39, 0.29) is 24.6 Å². The Morgan fingerprint density at radius 1 is 1.19 bits per heavy atom. The van der Waals surface area contributed by atoms with Crippen molar-refractivity contribution in [3.05, 3.63) is 58.3 Å². The van der Waals surface area contributed by atoms with E-state index in [4.69, 9.17) is 9.47 Å². The number of ether oxygens (including phenoxy) is 2. The molecule has 3 nitrogen and oxygen atoms in total. The highest BCUT2D eigenvalue weighted by Gasteiger charge is 2.27. The van der Waals surface area contributed by atoms with Crippen LogP contribution in [-0.4, -0.2) is 18.5 Å². The number of hydrogen-bond acceptors (Lipinski definition) is 3. The number of para-hydroxylation sites is 2. The van der Waals surface area contributed by atoms with Gasteiger partial charge in [-0.2, -0.15) is 0 Å². The van der Waals surface area contributed by atoms with Gasteiger partial charge in [-0.3, -0.25) is 4.79 Å². The van der Waals surface area contributed by atoms with Gasteiger partial charge in [-0.15, -0.1) is 0 Å². The lowest BCUT2D eigenvalue weighted by Gasteiger charge is -2.25. The van der Waals surface area contributed by atoms with E-state index in [0.717, 1.165) is 0 Å². The van der Waals surface area contributed by atoms with Crippen LogP contribution in [0.3, 0.4) is 0 Å². The molecule has 0 aliphatic carbocycles. The van der Waals surface area contributed by atoms with Crippen molar-refractivity contribution in [1.29, 1.82) is 0 Å². The molecule has 2 aromatic rings. The number of carbonyl (C=O) groups excluding carboxylic acids is 1. The monoisotopic (exact) mass is 350 g/mol. The standard InChI is InChI=1S/C16H12BrFO3/c17-16-10(4-3-5-11(16)18)8-12(19)15-9-20-13-6-1-2-7-14(13)21-15/h1-7,15H,8-9H2. The van der Waals surface area contributed by atoms with Crippen LogP contribution in [0.15, 0.2) is 46.9 Å². The lowest BCUT2D eigenvalue weighted by atomic mass is 10.0. The molecule has 0 aromatic heterocycles. The van der Waals surface area contributed by atoms with Gasteiger partial charge in [-0.05, 0) is 39.7 Å². The van der Waals surface area contributed by atoms with Crippen molar-refractivity contribution in [2.45, 2.75) is 12.5 Å². The highest BCUT2D eigenvalue weighted by atomic mass is 79.9. The molecule has 108 valence electrons. The fourth-order valence-corrected chi connectivity index (χ4v) is 2.57. The van der Waals surface area contributed by atoms with Crippen LogP contribution < -0.4 is 9.47 Å². The lowest BCUT2D eigenvalue weighted by molar-refractivity contribution is -0.127. The molecule has 1 aliphatic rings. The Labute approximate surface area is 129 Å². The van der Waals surface area contributed by atoms with E-state index >= 15 is 0 Å². The molecule has 5 heteroatoms. The molecule has 0 saturated heterocycles. The molecular weight excluding hydrogens is 339 g/mol. The highest BCUT2D eigenvalue weighted by molar-refractivity contribution is 9.10. The molecule has 3 rings (SSSR count). The van der Waals surface area contributed by atoms with Crippen molar-refractivity contribution in [2.24, 2.45) is 0 Å². The van der Waals surface area contributed by atoms with E-state index in [1.54, 1.807) is 24.3 Å². The van der Waals surface area contributed by atoms with Crippen LogP contribution in [0.2, 0.25) is 0 Å². The summed E-state index contributed by atoms with van der Waals surface area (Å²) in [4.78, 5) is 12.3. The molecule has 21 heavy (non-hydrogen) atoms. The quantitative estimate of drug-likeness (QED) is 0.849. The third-order valence-electron chi connectivity index (χ3n) is 3.26. The first-order valence-electron chi connectivity index (χ1n) is 6.49. The van der Waals surface area contributed by atoms with Crippen molar-refractivity contribution >= 4 is 21.7 Å². The van der Waals surface area contributed by atoms with Gasteiger partial charge in [-0.1, -0.05) is 24.3 Å². The number of ketones is 1. The van der Waals surface area contributed by atoms with Crippen molar-refractivity contribution in [3.63, 3.8) is 0 Å². The normalized spacial score (nSPS) is 16.6. The maximum Gasteiger partial charge on any atom is 0.191 e. The van der Waals surface area contributed by atoms with Crippen LogP contribution in [0.1, 0.15) is 5.56 Å². The van der Waals surface area contributed by atoms with Gasteiger partial charge in [0.2, 0.25) is 0 Å². The van der Waals surface area contributed by atoms with E-state index in [1.165, 1.54) is 6.07 Å². The molecule has 0 saturated carbocycles. The summed E-state index contributed by atoms with van der Waals surface area (Å²) in [6, 6.07) is 11.8. The second-order valence-electron chi connectivity index (χ2n) is 4.72. The number of halogens is 2. The Morgan fingerprint density at radius 2 is 1.95 bits per heavy atom. The molecule has 0 amide bonds. The van der Waals surface area contributed by atoms with Gasteiger partial charge in [0.05, 0.1) is 4.47 Å². The molecule has 0 fully saturated rings. The van der Waals surface area contributed by atoms with Crippen LogP contribution in [0, 0.1) is 5.82 Å². The van der Waals surface area contributed by atoms with Gasteiger partial charge in [0.1, 0.15) is 12.4 Å². The van der Waals surface area contributed by atoms with E-state index in [9.17, 15) is 9.18 Å². The maximum absolute atomic E-state index is 13.5. The summed E-state index contributed by atoms with van der Waals surface area (Å²) in [6.07, 6.45) is -0.579. The summed E-state index contributed by atoms with van der Waals surface area (Å²) >= 11 is 3.16. The Kier molecular flexibility index (Phi) is 3.92. The van der Waals surface area contributed by atoms with Crippen LogP contribution in [-0.2, 0) is 11.2 Å². The third kappa shape index (κ3) is 2.93. The fourth-order valence-electron chi connectivity index (χ4n) is 2.16. The highest BCUT2D eigenvalue weighted by Crippen LogP contribution is 2.31. The summed E-state index contributed by atoms with van der Waals surface area (Å²) in [6.45, 7) is 0.169. The average molecular weight is 351 g/mol. The minimum Gasteiger partial charge on any atom is -0.485 e. The van der Waals surface area contributed by atoms with Crippen LogP contribution >= 0.6 is 15.9 Å². The lowest BCUT2D eigenvalue weighted by Crippen LogP contribution is -2.37. The summed E-state index contributed by atoms with van der Waals surface area (Å²) in [7, 11) is 0. The molecule has 1 atom stereocenters.